The third kappa shape index (κ3) is 3.11. The molecule has 15 heavy (non-hydrogen) atoms. The predicted molar refractivity (Wildman–Crippen MR) is 55.8 cm³/mol. The van der Waals surface area contributed by atoms with E-state index in [1.165, 1.54) is 32.0 Å². The van der Waals surface area contributed by atoms with Crippen LogP contribution in [0, 0.1) is 0 Å². The van der Waals surface area contributed by atoms with Crippen molar-refractivity contribution in [2.24, 2.45) is 0 Å². The third-order valence-electron chi connectivity index (χ3n) is 2.29. The van der Waals surface area contributed by atoms with E-state index < -0.39 is 11.7 Å². The summed E-state index contributed by atoms with van der Waals surface area (Å²) in [7, 11) is 0. The van der Waals surface area contributed by atoms with Crippen molar-refractivity contribution in [1.82, 2.24) is 0 Å². The van der Waals surface area contributed by atoms with Gasteiger partial charge in [-0.1, -0.05) is 0 Å². The fourth-order valence-electron chi connectivity index (χ4n) is 1.19. The Morgan fingerprint density at radius 3 is 2.40 bits per heavy atom. The van der Waals surface area contributed by atoms with E-state index in [4.69, 9.17) is 0 Å². The maximum atomic E-state index is 9.61. The van der Waals surface area contributed by atoms with Crippen LogP contribution in [0.3, 0.4) is 0 Å². The van der Waals surface area contributed by atoms with Crippen LogP contribution in [0.1, 0.15) is 19.4 Å². The lowest BCUT2D eigenvalue weighted by atomic mass is 9.95. The number of benzene rings is 1. The molecule has 0 radical (unpaired) electrons. The Morgan fingerprint density at radius 2 is 1.87 bits per heavy atom. The second-order valence-electron chi connectivity index (χ2n) is 4.19. The molecule has 1 rings (SSSR count). The van der Waals surface area contributed by atoms with Crippen LogP contribution >= 0.6 is 0 Å². The van der Waals surface area contributed by atoms with E-state index in [1.54, 1.807) is 0 Å². The molecule has 0 saturated heterocycles. The number of aliphatic hydroxyl groups is 2. The maximum absolute atomic E-state index is 9.61. The zero-order valence-corrected chi connectivity index (χ0v) is 8.81. The van der Waals surface area contributed by atoms with Crippen LogP contribution in [0.25, 0.3) is 0 Å². The van der Waals surface area contributed by atoms with E-state index in [1.807, 2.05) is 0 Å². The second-order valence-corrected chi connectivity index (χ2v) is 4.19. The van der Waals surface area contributed by atoms with Gasteiger partial charge in [-0.3, -0.25) is 0 Å². The van der Waals surface area contributed by atoms with Crippen LogP contribution in [0.2, 0.25) is 0 Å². The van der Waals surface area contributed by atoms with Gasteiger partial charge in [-0.05, 0) is 32.0 Å². The van der Waals surface area contributed by atoms with Gasteiger partial charge in [0.25, 0.3) is 0 Å². The Labute approximate surface area is 88.4 Å². The van der Waals surface area contributed by atoms with Crippen LogP contribution in [-0.4, -0.2) is 32.1 Å². The van der Waals surface area contributed by atoms with E-state index in [0.29, 0.717) is 5.56 Å². The van der Waals surface area contributed by atoms with Gasteiger partial charge in [0, 0.05) is 12.0 Å². The summed E-state index contributed by atoms with van der Waals surface area (Å²) in [5.41, 5.74) is -0.831. The standard InChI is InChI=1S/C11H16O4/c1-11(2,15)10(14)6-7-5-8(12)3-4-9(7)13/h3-5,10,12-15H,6H2,1-2H3/t10-/m0/s1. The third-order valence-corrected chi connectivity index (χ3v) is 2.29. The van der Waals surface area contributed by atoms with Crippen molar-refractivity contribution < 1.29 is 20.4 Å². The fourth-order valence-corrected chi connectivity index (χ4v) is 1.19. The zero-order valence-electron chi connectivity index (χ0n) is 8.81. The first-order chi connectivity index (χ1) is 6.80. The molecule has 1 atom stereocenters. The molecule has 1 aromatic rings. The molecule has 0 spiro atoms. The number of rotatable bonds is 3. The van der Waals surface area contributed by atoms with Crippen molar-refractivity contribution in [3.05, 3.63) is 23.8 Å². The van der Waals surface area contributed by atoms with Gasteiger partial charge >= 0.3 is 0 Å². The smallest absolute Gasteiger partial charge is 0.119 e. The van der Waals surface area contributed by atoms with Crippen LogP contribution in [-0.2, 0) is 6.42 Å². The van der Waals surface area contributed by atoms with Crippen LogP contribution < -0.4 is 0 Å². The average molecular weight is 212 g/mol. The molecule has 0 fully saturated rings. The van der Waals surface area contributed by atoms with Crippen molar-refractivity contribution in [2.75, 3.05) is 0 Å². The minimum atomic E-state index is -1.24. The Bertz CT molecular complexity index is 341. The first kappa shape index (κ1) is 11.8. The van der Waals surface area contributed by atoms with Crippen molar-refractivity contribution in [3.63, 3.8) is 0 Å². The minimum Gasteiger partial charge on any atom is -0.508 e. The molecule has 0 bridgehead atoms. The molecular weight excluding hydrogens is 196 g/mol. The summed E-state index contributed by atoms with van der Waals surface area (Å²) in [6.45, 7) is 2.97. The number of phenolic OH excluding ortho intramolecular Hbond substituents is 2. The molecule has 84 valence electrons. The highest BCUT2D eigenvalue weighted by Gasteiger charge is 2.25. The predicted octanol–water partition coefficient (Wildman–Crippen LogP) is 0.772. The van der Waals surface area contributed by atoms with Crippen molar-refractivity contribution in [3.8, 4) is 11.5 Å². The van der Waals surface area contributed by atoms with Crippen LogP contribution in [0.15, 0.2) is 18.2 Å². The molecule has 0 unspecified atom stereocenters. The Balaban J connectivity index is 2.85. The van der Waals surface area contributed by atoms with Crippen molar-refractivity contribution in [1.29, 1.82) is 0 Å². The molecule has 0 aromatic heterocycles. The molecule has 0 amide bonds. The highest BCUT2D eigenvalue weighted by atomic mass is 16.3. The quantitative estimate of drug-likeness (QED) is 0.558. The summed E-state index contributed by atoms with van der Waals surface area (Å²) in [6, 6.07) is 4.07. The molecule has 4 nitrogen and oxygen atoms in total. The summed E-state index contributed by atoms with van der Waals surface area (Å²) in [6.07, 6.45) is -0.908. The molecule has 1 aromatic carbocycles. The topological polar surface area (TPSA) is 80.9 Å². The Kier molecular flexibility index (Phi) is 3.21. The van der Waals surface area contributed by atoms with Gasteiger partial charge in [0.2, 0.25) is 0 Å². The highest BCUT2D eigenvalue weighted by molar-refractivity contribution is 5.39. The average Bonchev–Trinajstić information content (AvgIpc) is 2.09. The first-order valence-electron chi connectivity index (χ1n) is 4.72. The van der Waals surface area contributed by atoms with E-state index in [9.17, 15) is 20.4 Å². The van der Waals surface area contributed by atoms with Gasteiger partial charge in [-0.25, -0.2) is 0 Å². The Hall–Kier alpha value is -1.26. The normalized spacial score (nSPS) is 13.9. The molecular formula is C11H16O4. The van der Waals surface area contributed by atoms with E-state index in [2.05, 4.69) is 0 Å². The number of hydrogen-bond acceptors (Lipinski definition) is 4. The summed E-state index contributed by atoms with van der Waals surface area (Å²) >= 11 is 0. The van der Waals surface area contributed by atoms with E-state index >= 15 is 0 Å². The molecule has 0 aliphatic heterocycles. The Morgan fingerprint density at radius 1 is 1.27 bits per heavy atom. The fraction of sp³-hybridized carbons (Fsp3) is 0.455. The molecule has 0 saturated carbocycles. The van der Waals surface area contributed by atoms with Gasteiger partial charge in [0.1, 0.15) is 11.5 Å². The maximum Gasteiger partial charge on any atom is 0.119 e. The summed E-state index contributed by atoms with van der Waals surface area (Å²) in [4.78, 5) is 0. The van der Waals surface area contributed by atoms with Crippen molar-refractivity contribution in [2.45, 2.75) is 32.0 Å². The van der Waals surface area contributed by atoms with Gasteiger partial charge in [0.05, 0.1) is 11.7 Å². The number of aromatic hydroxyl groups is 2. The molecule has 0 aliphatic rings. The molecule has 4 heteroatoms. The lowest BCUT2D eigenvalue weighted by Crippen LogP contribution is -2.37. The second kappa shape index (κ2) is 4.08. The lowest BCUT2D eigenvalue weighted by molar-refractivity contribution is -0.0471. The van der Waals surface area contributed by atoms with Crippen LogP contribution in [0.5, 0.6) is 11.5 Å². The summed E-state index contributed by atoms with van der Waals surface area (Å²) < 4.78 is 0. The molecule has 0 heterocycles. The largest absolute Gasteiger partial charge is 0.508 e. The van der Waals surface area contributed by atoms with Gasteiger partial charge in [-0.15, -0.1) is 0 Å². The molecule has 4 N–H and O–H groups in total. The highest BCUT2D eigenvalue weighted by Crippen LogP contribution is 2.25. The summed E-state index contributed by atoms with van der Waals surface area (Å²) in [5.74, 6) is 0.0156. The van der Waals surface area contributed by atoms with E-state index in [0.717, 1.165) is 0 Å². The molecule has 0 aliphatic carbocycles. The number of aliphatic hydroxyl groups excluding tert-OH is 1. The van der Waals surface area contributed by atoms with Gasteiger partial charge in [0.15, 0.2) is 0 Å². The number of phenols is 2. The minimum absolute atomic E-state index is 0.00361. The summed E-state index contributed by atoms with van der Waals surface area (Å²) in [5, 5.41) is 37.8. The van der Waals surface area contributed by atoms with Crippen LogP contribution in [0.4, 0.5) is 0 Å². The zero-order chi connectivity index (χ0) is 11.6. The van der Waals surface area contributed by atoms with Gasteiger partial charge < -0.3 is 20.4 Å². The first-order valence-corrected chi connectivity index (χ1v) is 4.72. The van der Waals surface area contributed by atoms with E-state index in [-0.39, 0.29) is 17.9 Å². The monoisotopic (exact) mass is 212 g/mol. The SMILES string of the molecule is CC(C)(O)[C@@H](O)Cc1cc(O)ccc1O. The lowest BCUT2D eigenvalue weighted by Gasteiger charge is -2.24. The number of hydrogen-bond donors (Lipinski definition) is 4. The van der Waals surface area contributed by atoms with Gasteiger partial charge in [-0.2, -0.15) is 0 Å². The van der Waals surface area contributed by atoms with Crippen molar-refractivity contribution >= 4 is 0 Å².